The second-order valence-corrected chi connectivity index (χ2v) is 9.57. The van der Waals surface area contributed by atoms with Crippen molar-refractivity contribution >= 4 is 17.3 Å². The van der Waals surface area contributed by atoms with Crippen LogP contribution in [0.15, 0.2) is 103 Å². The third-order valence-electron chi connectivity index (χ3n) is 7.42. The van der Waals surface area contributed by atoms with Crippen LogP contribution in [0.3, 0.4) is 0 Å². The Morgan fingerprint density at radius 3 is 2.61 bits per heavy atom. The minimum absolute atomic E-state index is 0.0785. The number of fused-ring (bicyclic) bond motifs is 1. The van der Waals surface area contributed by atoms with E-state index in [1.54, 1.807) is 12.4 Å². The summed E-state index contributed by atoms with van der Waals surface area (Å²) in [6.07, 6.45) is 5.00. The summed E-state index contributed by atoms with van der Waals surface area (Å²) in [5, 5.41) is 13.1. The Kier molecular flexibility index (Phi) is 6.39. The lowest BCUT2D eigenvalue weighted by atomic mass is 9.77. The van der Waals surface area contributed by atoms with Gasteiger partial charge < -0.3 is 20.9 Å². The number of alkyl halides is 2. The molecule has 194 valence electrons. The smallest absolute Gasteiger partial charge is 0.253 e. The molecule has 1 aliphatic carbocycles. The molecule has 3 aromatic rings. The van der Waals surface area contributed by atoms with Crippen LogP contribution in [-0.2, 0) is 10.3 Å². The number of carbonyl (C=O) groups excluding carboxylic acids is 1. The largest absolute Gasteiger partial charge is 0.356 e. The van der Waals surface area contributed by atoms with Gasteiger partial charge in [0.2, 0.25) is 0 Å². The molecule has 2 unspecified atom stereocenters. The lowest BCUT2D eigenvalue weighted by molar-refractivity contribution is -0.118. The Morgan fingerprint density at radius 1 is 1.05 bits per heavy atom. The van der Waals surface area contributed by atoms with E-state index in [1.807, 2.05) is 66.7 Å². The summed E-state index contributed by atoms with van der Waals surface area (Å²) in [6.45, 7) is 0.322. The summed E-state index contributed by atoms with van der Waals surface area (Å²) in [4.78, 5) is 20.2. The maximum atomic E-state index is 13.8. The third kappa shape index (κ3) is 4.13. The normalized spacial score (nSPS) is 22.1. The monoisotopic (exact) mass is 514 g/mol. The van der Waals surface area contributed by atoms with Crippen molar-refractivity contribution in [3.63, 3.8) is 0 Å². The number of benzene rings is 2. The Hall–Kier alpha value is -4.08. The second kappa shape index (κ2) is 10.00. The Labute approximate surface area is 219 Å². The molecule has 3 aliphatic rings. The van der Waals surface area contributed by atoms with Gasteiger partial charge in [-0.25, -0.2) is 8.78 Å². The molecule has 1 amide bonds. The van der Waals surface area contributed by atoms with E-state index in [-0.39, 0.29) is 18.5 Å². The predicted molar refractivity (Wildman–Crippen MR) is 143 cm³/mol. The molecule has 1 fully saturated rings. The minimum Gasteiger partial charge on any atom is -0.356 e. The van der Waals surface area contributed by atoms with Crippen molar-refractivity contribution in [2.24, 2.45) is 0 Å². The summed E-state index contributed by atoms with van der Waals surface area (Å²) in [5.41, 5.74) is 4.55. The van der Waals surface area contributed by atoms with Crippen LogP contribution in [0.2, 0.25) is 0 Å². The van der Waals surface area contributed by atoms with E-state index in [2.05, 4.69) is 43.3 Å². The maximum Gasteiger partial charge on any atom is 0.253 e. The molecular weight excluding hydrogens is 486 g/mol. The highest BCUT2D eigenvalue weighted by molar-refractivity contribution is 6.00. The van der Waals surface area contributed by atoms with Crippen molar-refractivity contribution in [1.29, 1.82) is 0 Å². The van der Waals surface area contributed by atoms with Crippen molar-refractivity contribution in [3.8, 4) is 0 Å². The van der Waals surface area contributed by atoms with Gasteiger partial charge in [0.05, 0.1) is 36.6 Å². The van der Waals surface area contributed by atoms with Crippen LogP contribution < -0.4 is 26.2 Å². The summed E-state index contributed by atoms with van der Waals surface area (Å²) < 4.78 is 25.6. The highest BCUT2D eigenvalue weighted by Gasteiger charge is 2.57. The molecule has 2 aliphatic heterocycles. The molecular formula is C29H28F2N6O. The summed E-state index contributed by atoms with van der Waals surface area (Å²) in [7, 11) is 0. The number of nitrogens with one attached hydrogen (secondary N) is 4. The summed E-state index contributed by atoms with van der Waals surface area (Å²) >= 11 is 0. The Bertz CT molecular complexity index is 1380. The van der Waals surface area contributed by atoms with E-state index >= 15 is 0 Å². The van der Waals surface area contributed by atoms with Crippen molar-refractivity contribution in [2.45, 2.75) is 24.0 Å². The fourth-order valence-corrected chi connectivity index (χ4v) is 5.73. The molecule has 38 heavy (non-hydrogen) atoms. The highest BCUT2D eigenvalue weighted by Crippen LogP contribution is 2.51. The Morgan fingerprint density at radius 2 is 1.82 bits per heavy atom. The van der Waals surface area contributed by atoms with Gasteiger partial charge in [-0.15, -0.1) is 0 Å². The molecule has 0 radical (unpaired) electrons. The molecule has 7 nitrogen and oxygen atoms in total. The predicted octanol–water partition coefficient (Wildman–Crippen LogP) is 3.67. The maximum absolute atomic E-state index is 13.8. The zero-order valence-electron chi connectivity index (χ0n) is 20.6. The zero-order chi connectivity index (χ0) is 26.1. The molecule has 9 heteroatoms. The molecule has 0 saturated carbocycles. The number of carbonyl (C=O) groups is 1. The van der Waals surface area contributed by atoms with Gasteiger partial charge in [0.25, 0.3) is 12.3 Å². The van der Waals surface area contributed by atoms with E-state index < -0.39 is 24.6 Å². The van der Waals surface area contributed by atoms with Crippen molar-refractivity contribution in [3.05, 3.63) is 114 Å². The molecule has 0 bridgehead atoms. The molecule has 3 heterocycles. The first-order chi connectivity index (χ1) is 18.6. The average Bonchev–Trinajstić information content (AvgIpc) is 3.50. The van der Waals surface area contributed by atoms with E-state index in [0.29, 0.717) is 12.2 Å². The fourth-order valence-electron chi connectivity index (χ4n) is 5.73. The average molecular weight is 515 g/mol. The number of hydrogen-bond acceptors (Lipinski definition) is 6. The standard InChI is InChI=1S/C29H28F2N6O/c30-26(31)17-33-16-24(19-6-2-1-3-7-19)36-28(38)21-10-11-25-29(22-8-4-5-9-23(22)35-27(21)29)34-18-37(25)20-12-14-32-15-13-20/h1-15,24-26,33-35H,16-18H2,(H,36,38)/t24?,25-,29?/m0/s1. The molecule has 4 N–H and O–H groups in total. The van der Waals surface area contributed by atoms with Crippen LogP contribution in [0, 0.1) is 0 Å². The molecule has 1 spiro atoms. The SMILES string of the molecule is O=C(NC(CNCC(F)F)c1ccccc1)C1=C2Nc3ccccc3C23NCN(c2ccncc2)[C@H]3C=C1. The van der Waals surface area contributed by atoms with Crippen LogP contribution in [0.25, 0.3) is 0 Å². The van der Waals surface area contributed by atoms with E-state index in [1.165, 1.54) is 0 Å². The second-order valence-electron chi connectivity index (χ2n) is 9.57. The minimum atomic E-state index is -2.47. The first kappa shape index (κ1) is 24.3. The Balaban J connectivity index is 1.35. The topological polar surface area (TPSA) is 81.3 Å². The number of amides is 1. The van der Waals surface area contributed by atoms with Gasteiger partial charge in [-0.3, -0.25) is 15.1 Å². The van der Waals surface area contributed by atoms with E-state index in [9.17, 15) is 13.6 Å². The summed E-state index contributed by atoms with van der Waals surface area (Å²) in [5.74, 6) is -0.272. The summed E-state index contributed by atoms with van der Waals surface area (Å²) in [6, 6.07) is 20.9. The fraction of sp³-hybridized carbons (Fsp3) is 0.241. The lowest BCUT2D eigenvalue weighted by Crippen LogP contribution is -2.50. The van der Waals surface area contributed by atoms with Crippen LogP contribution in [0.1, 0.15) is 17.2 Å². The van der Waals surface area contributed by atoms with Gasteiger partial charge in [0, 0.05) is 35.9 Å². The van der Waals surface area contributed by atoms with E-state index in [4.69, 9.17) is 0 Å². The third-order valence-corrected chi connectivity index (χ3v) is 7.42. The first-order valence-corrected chi connectivity index (χ1v) is 12.6. The van der Waals surface area contributed by atoms with Gasteiger partial charge >= 0.3 is 0 Å². The number of rotatable bonds is 8. The molecule has 1 aromatic heterocycles. The number of nitrogens with zero attached hydrogens (tertiary/aromatic N) is 2. The zero-order valence-corrected chi connectivity index (χ0v) is 20.6. The highest BCUT2D eigenvalue weighted by atomic mass is 19.3. The van der Waals surface area contributed by atoms with Crippen LogP contribution in [-0.4, -0.2) is 43.1 Å². The molecule has 2 aromatic carbocycles. The number of para-hydroxylation sites is 1. The lowest BCUT2D eigenvalue weighted by Gasteiger charge is -2.37. The quantitative estimate of drug-likeness (QED) is 0.367. The van der Waals surface area contributed by atoms with Gasteiger partial charge in [-0.2, -0.15) is 0 Å². The van der Waals surface area contributed by atoms with Crippen LogP contribution >= 0.6 is 0 Å². The van der Waals surface area contributed by atoms with Gasteiger partial charge in [-0.1, -0.05) is 54.6 Å². The number of anilines is 2. The van der Waals surface area contributed by atoms with Gasteiger partial charge in [0.1, 0.15) is 5.54 Å². The van der Waals surface area contributed by atoms with Gasteiger partial charge in [-0.05, 0) is 29.8 Å². The van der Waals surface area contributed by atoms with Crippen molar-refractivity contribution in [2.75, 3.05) is 30.0 Å². The molecule has 6 rings (SSSR count). The van der Waals surface area contributed by atoms with Gasteiger partial charge in [0.15, 0.2) is 0 Å². The molecule has 3 atom stereocenters. The number of halogens is 2. The van der Waals surface area contributed by atoms with Crippen LogP contribution in [0.4, 0.5) is 20.2 Å². The number of aromatic nitrogens is 1. The van der Waals surface area contributed by atoms with E-state index in [0.717, 1.165) is 28.2 Å². The van der Waals surface area contributed by atoms with Crippen molar-refractivity contribution in [1.82, 2.24) is 20.9 Å². The number of hydrogen-bond donors (Lipinski definition) is 4. The first-order valence-electron chi connectivity index (χ1n) is 12.6. The van der Waals surface area contributed by atoms with Crippen molar-refractivity contribution < 1.29 is 13.6 Å². The number of pyridine rings is 1. The van der Waals surface area contributed by atoms with Crippen LogP contribution in [0.5, 0.6) is 0 Å². The molecule has 1 saturated heterocycles.